The molecule has 0 aliphatic carbocycles. The quantitative estimate of drug-likeness (QED) is 0.377. The number of halogens is 1. The average molecular weight is 224 g/mol. The fraction of sp³-hybridized carbons (Fsp3) is 0. The Kier molecular flexibility index (Phi) is 13.7. The van der Waals surface area contributed by atoms with E-state index < -0.39 is 7.82 Å². The van der Waals surface area contributed by atoms with E-state index in [1.54, 1.807) is 0 Å². The van der Waals surface area contributed by atoms with Crippen LogP contribution in [-0.2, 0) is 4.57 Å². The molecule has 7 heteroatoms. The topological polar surface area (TPSA) is 77.8 Å². The third kappa shape index (κ3) is 77.1. The van der Waals surface area contributed by atoms with Crippen LogP contribution < -0.4 is 0 Å². The standard InChI is InChI=1S/ClH.H3O4P.Sr.2H/c;1-5(2,3)4;;;/h1H;(H3,1,2,3,4);;;/q;;+2;2*-1. The summed E-state index contributed by atoms with van der Waals surface area (Å²) in [5.41, 5.74) is 0. The summed E-state index contributed by atoms with van der Waals surface area (Å²) in [7, 11) is -4.64. The summed E-state index contributed by atoms with van der Waals surface area (Å²) in [4.78, 5) is 21.6. The summed E-state index contributed by atoms with van der Waals surface area (Å²) in [5, 5.41) is 0. The Morgan fingerprint density at radius 1 is 1.29 bits per heavy atom. The molecule has 4 nitrogen and oxygen atoms in total. The van der Waals surface area contributed by atoms with Crippen LogP contribution in [0.4, 0.5) is 0 Å². The molecule has 0 aromatic rings. The molecular weight excluding hydrogens is 218 g/mol. The van der Waals surface area contributed by atoms with Gasteiger partial charge in [0.05, 0.1) is 0 Å². The molecule has 7 heavy (non-hydrogen) atoms. The molecule has 0 aliphatic heterocycles. The van der Waals surface area contributed by atoms with Crippen LogP contribution in [0.5, 0.6) is 0 Å². The van der Waals surface area contributed by atoms with Gasteiger partial charge in [-0.25, -0.2) is 4.57 Å². The molecule has 44 valence electrons. The zero-order valence-electron chi connectivity index (χ0n) is 5.31. The van der Waals surface area contributed by atoms with Crippen molar-refractivity contribution in [3.8, 4) is 0 Å². The monoisotopic (exact) mass is 224 g/mol. The van der Waals surface area contributed by atoms with E-state index in [0.29, 0.717) is 0 Å². The maximum atomic E-state index is 8.88. The van der Waals surface area contributed by atoms with Gasteiger partial charge in [0.15, 0.2) is 0 Å². The Morgan fingerprint density at radius 3 is 1.29 bits per heavy atom. The van der Waals surface area contributed by atoms with Crippen LogP contribution in [0.2, 0.25) is 0 Å². The molecule has 0 atom stereocenters. The van der Waals surface area contributed by atoms with Crippen LogP contribution in [0.1, 0.15) is 2.85 Å². The van der Waals surface area contributed by atoms with Crippen LogP contribution >= 0.6 is 20.2 Å². The third-order valence-corrected chi connectivity index (χ3v) is 0. The van der Waals surface area contributed by atoms with Crippen LogP contribution in [-0.4, -0.2) is 60.2 Å². The van der Waals surface area contributed by atoms with Crippen molar-refractivity contribution in [2.45, 2.75) is 0 Å². The smallest absolute Gasteiger partial charge is 1.00 e. The van der Waals surface area contributed by atoms with Crippen molar-refractivity contribution in [2.75, 3.05) is 0 Å². The third-order valence-electron chi connectivity index (χ3n) is 0. The molecule has 0 aliphatic rings. The number of hydrogen-bond donors (Lipinski definition) is 3. The van der Waals surface area contributed by atoms with Crippen molar-refractivity contribution in [3.63, 3.8) is 0 Å². The Labute approximate surface area is 86.8 Å². The van der Waals surface area contributed by atoms with E-state index in [1.165, 1.54) is 0 Å². The summed E-state index contributed by atoms with van der Waals surface area (Å²) < 4.78 is 8.88. The molecule has 0 bridgehead atoms. The largest absolute Gasteiger partial charge is 2.00 e. The minimum atomic E-state index is -4.64. The molecule has 0 rings (SSSR count). The normalized spacial score (nSPS) is 8.43. The summed E-state index contributed by atoms with van der Waals surface area (Å²) in [5.74, 6) is 0. The van der Waals surface area contributed by atoms with Crippen LogP contribution in [0, 0.1) is 0 Å². The first-order valence-corrected chi connectivity index (χ1v) is 2.35. The molecule has 0 amide bonds. The summed E-state index contributed by atoms with van der Waals surface area (Å²) >= 11 is 0. The van der Waals surface area contributed by atoms with Crippen LogP contribution in [0.15, 0.2) is 0 Å². The fourth-order valence-electron chi connectivity index (χ4n) is 0. The van der Waals surface area contributed by atoms with E-state index in [0.717, 1.165) is 0 Å². The van der Waals surface area contributed by atoms with Gasteiger partial charge in [-0.1, -0.05) is 0 Å². The minimum Gasteiger partial charge on any atom is -1.00 e. The Balaban J connectivity index is -0.0000000133. The van der Waals surface area contributed by atoms with Gasteiger partial charge in [0.1, 0.15) is 0 Å². The predicted octanol–water partition coefficient (Wildman–Crippen LogP) is -0.663. The molecule has 0 fully saturated rings. The van der Waals surface area contributed by atoms with Gasteiger partial charge in [0, 0.05) is 0 Å². The SMILES string of the molecule is Cl.O=P(O)(O)O.[H-].[H-].[Sr+2]. The van der Waals surface area contributed by atoms with Gasteiger partial charge < -0.3 is 17.5 Å². The van der Waals surface area contributed by atoms with Crippen molar-refractivity contribution >= 4 is 65.7 Å². The summed E-state index contributed by atoms with van der Waals surface area (Å²) in [6.07, 6.45) is 0. The first kappa shape index (κ1) is 15.9. The van der Waals surface area contributed by atoms with Crippen molar-refractivity contribution in [3.05, 3.63) is 0 Å². The molecule has 3 N–H and O–H groups in total. The molecule has 0 saturated carbocycles. The van der Waals surface area contributed by atoms with E-state index in [4.69, 9.17) is 19.2 Å². The Bertz CT molecular complexity index is 64.7. The van der Waals surface area contributed by atoms with E-state index in [2.05, 4.69) is 0 Å². The molecule has 0 spiro atoms. The van der Waals surface area contributed by atoms with E-state index in [1.807, 2.05) is 0 Å². The molecule has 0 aromatic carbocycles. The maximum absolute atomic E-state index is 8.88. The average Bonchev–Trinajstić information content (AvgIpc) is 0.722. The van der Waals surface area contributed by atoms with Crippen molar-refractivity contribution in [1.29, 1.82) is 0 Å². The molecule has 0 saturated heterocycles. The zero-order chi connectivity index (χ0) is 4.50. The van der Waals surface area contributed by atoms with Crippen molar-refractivity contribution < 1.29 is 22.1 Å². The maximum Gasteiger partial charge on any atom is 2.00 e. The number of phosphoric acid groups is 1. The van der Waals surface area contributed by atoms with Gasteiger partial charge in [0.25, 0.3) is 0 Å². The Morgan fingerprint density at radius 2 is 1.29 bits per heavy atom. The predicted molar refractivity (Wildman–Crippen MR) is 29.5 cm³/mol. The van der Waals surface area contributed by atoms with Gasteiger partial charge in [-0.2, -0.15) is 0 Å². The zero-order valence-corrected chi connectivity index (χ0v) is 8.50. The van der Waals surface area contributed by atoms with E-state index in [-0.39, 0.29) is 60.7 Å². The summed E-state index contributed by atoms with van der Waals surface area (Å²) in [6.45, 7) is 0. The molecule has 0 unspecified atom stereocenters. The van der Waals surface area contributed by atoms with E-state index in [9.17, 15) is 0 Å². The first-order chi connectivity index (χ1) is 2.00. The van der Waals surface area contributed by atoms with Gasteiger partial charge in [-0.05, 0) is 0 Å². The second kappa shape index (κ2) is 6.01. The van der Waals surface area contributed by atoms with Crippen LogP contribution in [0.25, 0.3) is 0 Å². The van der Waals surface area contributed by atoms with Crippen molar-refractivity contribution in [1.82, 2.24) is 0 Å². The molecule has 0 aromatic heterocycles. The molecule has 0 heterocycles. The number of hydrogen-bond acceptors (Lipinski definition) is 1. The second-order valence-corrected chi connectivity index (χ2v) is 1.54. The summed E-state index contributed by atoms with van der Waals surface area (Å²) in [6, 6.07) is 0. The first-order valence-electron chi connectivity index (χ1n) is 0.783. The fourth-order valence-corrected chi connectivity index (χ4v) is 0. The second-order valence-electron chi connectivity index (χ2n) is 0.513. The van der Waals surface area contributed by atoms with Crippen LogP contribution in [0.3, 0.4) is 0 Å². The van der Waals surface area contributed by atoms with Gasteiger partial charge >= 0.3 is 53.3 Å². The number of rotatable bonds is 0. The van der Waals surface area contributed by atoms with Gasteiger partial charge in [-0.15, -0.1) is 12.4 Å². The minimum absolute atomic E-state index is 0. The van der Waals surface area contributed by atoms with Crippen molar-refractivity contribution in [2.24, 2.45) is 0 Å². The van der Waals surface area contributed by atoms with E-state index >= 15 is 0 Å². The van der Waals surface area contributed by atoms with Gasteiger partial charge in [-0.3, -0.25) is 0 Å². The Hall–Kier alpha value is 1.88. The molecular formula is H6ClO4PSr. The molecule has 0 radical (unpaired) electrons. The van der Waals surface area contributed by atoms with Gasteiger partial charge in [0.2, 0.25) is 0 Å².